The average molecular weight is 254 g/mol. The fourth-order valence-corrected chi connectivity index (χ4v) is 2.07. The molecule has 0 aliphatic carbocycles. The van der Waals surface area contributed by atoms with Gasteiger partial charge in [-0.2, -0.15) is 0 Å². The van der Waals surface area contributed by atoms with E-state index in [9.17, 15) is 14.2 Å². The van der Waals surface area contributed by atoms with Crippen LogP contribution in [0.25, 0.3) is 0 Å². The van der Waals surface area contributed by atoms with Gasteiger partial charge < -0.3 is 18.5 Å². The lowest BCUT2D eigenvalue weighted by Crippen LogP contribution is -2.20. The highest BCUT2D eigenvalue weighted by molar-refractivity contribution is 7.53. The number of carbonyl (C=O) groups is 2. The molecule has 0 aromatic rings. The molecule has 0 saturated carbocycles. The first kappa shape index (κ1) is 15.1. The first-order valence-electron chi connectivity index (χ1n) is 4.62. The van der Waals surface area contributed by atoms with Gasteiger partial charge in [0.2, 0.25) is 0 Å². The monoisotopic (exact) mass is 254 g/mol. The van der Waals surface area contributed by atoms with Crippen LogP contribution in [0.5, 0.6) is 0 Å². The van der Waals surface area contributed by atoms with Gasteiger partial charge in [0, 0.05) is 0 Å². The standard InChI is InChI=1S/C8H15O7P/c1-4-14-16(11,15-5-2)6-13-8(10)7(9)12-3/h4-6H2,1-3H3. The molecule has 0 heterocycles. The average Bonchev–Trinajstić information content (AvgIpc) is 2.25. The summed E-state index contributed by atoms with van der Waals surface area (Å²) in [6.45, 7) is 3.53. The highest BCUT2D eigenvalue weighted by Gasteiger charge is 2.28. The summed E-state index contributed by atoms with van der Waals surface area (Å²) in [5, 5.41) is 0. The number of esters is 2. The van der Waals surface area contributed by atoms with Crippen LogP contribution in [-0.4, -0.2) is 38.6 Å². The van der Waals surface area contributed by atoms with E-state index >= 15 is 0 Å². The maximum atomic E-state index is 11.8. The molecule has 0 amide bonds. The van der Waals surface area contributed by atoms with Crippen LogP contribution < -0.4 is 0 Å². The van der Waals surface area contributed by atoms with E-state index < -0.39 is 25.9 Å². The summed E-state index contributed by atoms with van der Waals surface area (Å²) in [5.41, 5.74) is 0. The molecule has 0 rings (SSSR count). The molecular weight excluding hydrogens is 239 g/mol. The number of methoxy groups -OCH3 is 1. The van der Waals surface area contributed by atoms with E-state index in [1.807, 2.05) is 0 Å². The van der Waals surface area contributed by atoms with Gasteiger partial charge in [0.15, 0.2) is 6.35 Å². The fourth-order valence-electron chi connectivity index (χ4n) is 0.785. The minimum atomic E-state index is -3.47. The number of hydrogen-bond acceptors (Lipinski definition) is 7. The zero-order valence-corrected chi connectivity index (χ0v) is 10.3. The Morgan fingerprint density at radius 3 is 1.94 bits per heavy atom. The molecule has 0 aliphatic heterocycles. The summed E-state index contributed by atoms with van der Waals surface area (Å²) >= 11 is 0. The second-order valence-corrected chi connectivity index (χ2v) is 4.50. The fraction of sp³-hybridized carbons (Fsp3) is 0.750. The summed E-state index contributed by atoms with van der Waals surface area (Å²) in [4.78, 5) is 21.6. The predicted molar refractivity (Wildman–Crippen MR) is 53.8 cm³/mol. The first-order chi connectivity index (χ1) is 7.49. The van der Waals surface area contributed by atoms with E-state index in [-0.39, 0.29) is 13.2 Å². The van der Waals surface area contributed by atoms with Crippen LogP contribution in [0.3, 0.4) is 0 Å². The molecule has 0 bridgehead atoms. The second kappa shape index (κ2) is 7.38. The molecule has 16 heavy (non-hydrogen) atoms. The number of ether oxygens (including phenoxy) is 2. The molecule has 0 N–H and O–H groups in total. The number of carbonyl (C=O) groups excluding carboxylic acids is 2. The highest BCUT2D eigenvalue weighted by atomic mass is 31.2. The van der Waals surface area contributed by atoms with Crippen LogP contribution in [0.4, 0.5) is 0 Å². The van der Waals surface area contributed by atoms with E-state index in [2.05, 4.69) is 9.47 Å². The van der Waals surface area contributed by atoms with E-state index in [1.54, 1.807) is 13.8 Å². The Morgan fingerprint density at radius 2 is 1.56 bits per heavy atom. The normalized spacial score (nSPS) is 10.9. The van der Waals surface area contributed by atoms with Crippen LogP contribution in [0.15, 0.2) is 0 Å². The summed E-state index contributed by atoms with van der Waals surface area (Å²) in [6, 6.07) is 0. The predicted octanol–water partition coefficient (Wildman–Crippen LogP) is 0.926. The summed E-state index contributed by atoms with van der Waals surface area (Å²) in [7, 11) is -2.44. The molecule has 7 nitrogen and oxygen atoms in total. The molecule has 0 atom stereocenters. The SMILES string of the molecule is CCOP(=O)(COC(=O)C(=O)OC)OCC. The molecule has 8 heteroatoms. The Bertz CT molecular complexity index is 278. The van der Waals surface area contributed by atoms with E-state index in [4.69, 9.17) is 9.05 Å². The molecule has 0 radical (unpaired) electrons. The Kier molecular flexibility index (Phi) is 6.96. The quantitative estimate of drug-likeness (QED) is 0.395. The van der Waals surface area contributed by atoms with Crippen molar-refractivity contribution >= 4 is 19.5 Å². The van der Waals surface area contributed by atoms with Crippen LogP contribution in [0.2, 0.25) is 0 Å². The van der Waals surface area contributed by atoms with Crippen molar-refractivity contribution in [2.45, 2.75) is 13.8 Å². The van der Waals surface area contributed by atoms with Gasteiger partial charge in [0.05, 0.1) is 20.3 Å². The Labute approximate surface area is 93.5 Å². The number of hydrogen-bond donors (Lipinski definition) is 0. The largest absolute Gasteiger partial charge is 0.461 e. The minimum absolute atomic E-state index is 0.146. The van der Waals surface area contributed by atoms with Gasteiger partial charge in [-0.1, -0.05) is 0 Å². The third kappa shape index (κ3) is 5.25. The molecular formula is C8H15O7P. The van der Waals surface area contributed by atoms with Crippen molar-refractivity contribution in [3.8, 4) is 0 Å². The molecule has 0 saturated heterocycles. The van der Waals surface area contributed by atoms with Crippen molar-refractivity contribution in [2.24, 2.45) is 0 Å². The highest BCUT2D eigenvalue weighted by Crippen LogP contribution is 2.47. The molecule has 0 fully saturated rings. The zero-order chi connectivity index (χ0) is 12.6. The Hall–Kier alpha value is -0.910. The van der Waals surface area contributed by atoms with E-state index in [0.717, 1.165) is 7.11 Å². The lowest BCUT2D eigenvalue weighted by atomic mass is 10.7. The van der Waals surface area contributed by atoms with Crippen molar-refractivity contribution in [3.63, 3.8) is 0 Å². The van der Waals surface area contributed by atoms with Gasteiger partial charge in [-0.25, -0.2) is 9.59 Å². The van der Waals surface area contributed by atoms with Crippen LogP contribution in [0, 0.1) is 0 Å². The second-order valence-electron chi connectivity index (χ2n) is 2.50. The minimum Gasteiger partial charge on any atom is -0.461 e. The van der Waals surface area contributed by atoms with Gasteiger partial charge in [0.1, 0.15) is 0 Å². The lowest BCUT2D eigenvalue weighted by Gasteiger charge is -2.16. The van der Waals surface area contributed by atoms with Gasteiger partial charge >= 0.3 is 19.5 Å². The maximum absolute atomic E-state index is 11.8. The van der Waals surface area contributed by atoms with Gasteiger partial charge in [-0.3, -0.25) is 4.57 Å². The van der Waals surface area contributed by atoms with E-state index in [1.165, 1.54) is 0 Å². The van der Waals surface area contributed by atoms with Gasteiger partial charge in [0.25, 0.3) is 0 Å². The van der Waals surface area contributed by atoms with Crippen LogP contribution >= 0.6 is 7.60 Å². The van der Waals surface area contributed by atoms with Crippen molar-refractivity contribution in [2.75, 3.05) is 26.7 Å². The summed E-state index contributed by atoms with van der Waals surface area (Å²) in [5.74, 6) is -2.40. The maximum Gasteiger partial charge on any atom is 0.418 e. The van der Waals surface area contributed by atoms with Crippen molar-refractivity contribution in [3.05, 3.63) is 0 Å². The van der Waals surface area contributed by atoms with Gasteiger partial charge in [-0.15, -0.1) is 0 Å². The molecule has 0 unspecified atom stereocenters. The first-order valence-corrected chi connectivity index (χ1v) is 6.35. The topological polar surface area (TPSA) is 88.1 Å². The molecule has 0 aromatic heterocycles. The van der Waals surface area contributed by atoms with Crippen molar-refractivity contribution in [1.29, 1.82) is 0 Å². The Morgan fingerprint density at radius 1 is 1.06 bits per heavy atom. The third-order valence-corrected chi connectivity index (χ3v) is 3.11. The molecule has 0 aliphatic rings. The summed E-state index contributed by atoms with van der Waals surface area (Å²) < 4.78 is 30.0. The zero-order valence-electron chi connectivity index (χ0n) is 9.43. The van der Waals surface area contributed by atoms with Crippen molar-refractivity contribution in [1.82, 2.24) is 0 Å². The van der Waals surface area contributed by atoms with Crippen molar-refractivity contribution < 1.29 is 32.7 Å². The van der Waals surface area contributed by atoms with Gasteiger partial charge in [-0.05, 0) is 13.8 Å². The van der Waals surface area contributed by atoms with Crippen LogP contribution in [0.1, 0.15) is 13.8 Å². The third-order valence-electron chi connectivity index (χ3n) is 1.36. The smallest absolute Gasteiger partial charge is 0.418 e. The van der Waals surface area contributed by atoms with Crippen LogP contribution in [-0.2, 0) is 32.7 Å². The molecule has 0 aromatic carbocycles. The van der Waals surface area contributed by atoms with E-state index in [0.29, 0.717) is 0 Å². The number of rotatable bonds is 6. The molecule has 0 spiro atoms. The molecule has 94 valence electrons. The Balaban J connectivity index is 4.27. The lowest BCUT2D eigenvalue weighted by molar-refractivity contribution is -0.164. The summed E-state index contributed by atoms with van der Waals surface area (Å²) in [6.07, 6.45) is -0.609.